The van der Waals surface area contributed by atoms with Crippen molar-refractivity contribution in [1.29, 1.82) is 5.26 Å². The first kappa shape index (κ1) is 30.8. The maximum absolute atomic E-state index is 15.7. The van der Waals surface area contributed by atoms with Crippen molar-refractivity contribution in [2.24, 2.45) is 0 Å². The van der Waals surface area contributed by atoms with Crippen LogP contribution in [0.1, 0.15) is 84.1 Å². The van der Waals surface area contributed by atoms with Crippen LogP contribution >= 0.6 is 0 Å². The van der Waals surface area contributed by atoms with E-state index < -0.39 is 23.9 Å². The van der Waals surface area contributed by atoms with E-state index in [2.05, 4.69) is 35.8 Å². The number of aliphatic hydroxyl groups is 1. The van der Waals surface area contributed by atoms with Crippen LogP contribution in [0.15, 0.2) is 60.7 Å². The van der Waals surface area contributed by atoms with Gasteiger partial charge in [0.15, 0.2) is 5.82 Å². The number of hydrogen-bond acceptors (Lipinski definition) is 6. The lowest BCUT2D eigenvalue weighted by Crippen LogP contribution is -2.52. The summed E-state index contributed by atoms with van der Waals surface area (Å²) in [4.78, 5) is 27.2. The van der Waals surface area contributed by atoms with Gasteiger partial charge in [0.25, 0.3) is 5.91 Å². The van der Waals surface area contributed by atoms with Crippen LogP contribution < -0.4 is 20.3 Å². The predicted molar refractivity (Wildman–Crippen MR) is 168 cm³/mol. The number of anilines is 1. The maximum atomic E-state index is 15.7. The molecule has 1 aliphatic carbocycles. The van der Waals surface area contributed by atoms with Crippen molar-refractivity contribution in [2.75, 3.05) is 18.0 Å². The average Bonchev–Trinajstić information content (AvgIpc) is 3.47. The number of aliphatic hydroxyl groups excluding tert-OH is 1. The predicted octanol–water partition coefficient (Wildman–Crippen LogP) is 5.12. The van der Waals surface area contributed by atoms with Crippen molar-refractivity contribution in [3.8, 4) is 11.8 Å². The number of nitrogens with one attached hydrogen (secondary N) is 2. The number of halogens is 1. The van der Waals surface area contributed by atoms with Gasteiger partial charge >= 0.3 is 0 Å². The van der Waals surface area contributed by atoms with Crippen LogP contribution in [-0.4, -0.2) is 47.8 Å². The minimum atomic E-state index is -1.04. The largest absolute Gasteiger partial charge is 0.487 e. The number of rotatable bonds is 10. The zero-order valence-corrected chi connectivity index (χ0v) is 25.5. The summed E-state index contributed by atoms with van der Waals surface area (Å²) in [5, 5.41) is 27.4. The van der Waals surface area contributed by atoms with Crippen molar-refractivity contribution in [3.05, 3.63) is 94.3 Å². The third kappa shape index (κ3) is 6.44. The zero-order chi connectivity index (χ0) is 31.6. The molecule has 3 aliphatic rings. The average molecular weight is 611 g/mol. The molecule has 1 spiro atoms. The molecule has 2 amide bonds. The summed E-state index contributed by atoms with van der Waals surface area (Å²) in [5.41, 5.74) is 3.19. The quantitative estimate of drug-likeness (QED) is 0.294. The maximum Gasteiger partial charge on any atom is 0.254 e. The summed E-state index contributed by atoms with van der Waals surface area (Å²) in [6.45, 7) is 2.69. The molecule has 2 fully saturated rings. The molecule has 3 aromatic rings. The fraction of sp³-hybridized carbons (Fsp3) is 0.417. The fourth-order valence-corrected chi connectivity index (χ4v) is 6.76. The van der Waals surface area contributed by atoms with Crippen LogP contribution in [0.4, 0.5) is 10.1 Å². The zero-order valence-electron chi connectivity index (χ0n) is 25.5. The van der Waals surface area contributed by atoms with E-state index in [4.69, 9.17) is 4.74 Å². The van der Waals surface area contributed by atoms with E-state index in [1.54, 1.807) is 24.3 Å². The monoisotopic (exact) mass is 610 g/mol. The number of carbonyl (C=O) groups is 2. The van der Waals surface area contributed by atoms with Gasteiger partial charge in [-0.25, -0.2) is 4.39 Å². The van der Waals surface area contributed by atoms with Gasteiger partial charge in [-0.1, -0.05) is 37.3 Å². The summed E-state index contributed by atoms with van der Waals surface area (Å²) in [7, 11) is 0. The Morgan fingerprint density at radius 2 is 1.98 bits per heavy atom. The van der Waals surface area contributed by atoms with Crippen molar-refractivity contribution in [2.45, 2.75) is 82.1 Å². The van der Waals surface area contributed by atoms with E-state index >= 15 is 4.39 Å². The minimum absolute atomic E-state index is 0.0411. The smallest absolute Gasteiger partial charge is 0.254 e. The van der Waals surface area contributed by atoms with Gasteiger partial charge in [-0.3, -0.25) is 9.59 Å². The molecule has 3 atom stereocenters. The van der Waals surface area contributed by atoms with Gasteiger partial charge in [-0.2, -0.15) is 5.26 Å². The Kier molecular flexibility index (Phi) is 8.88. The fourth-order valence-electron chi connectivity index (χ4n) is 6.76. The minimum Gasteiger partial charge on any atom is -0.487 e. The van der Waals surface area contributed by atoms with Gasteiger partial charge < -0.3 is 25.4 Å². The molecule has 2 heterocycles. The second-order valence-corrected chi connectivity index (χ2v) is 12.5. The molecular weight excluding hydrogens is 571 g/mol. The molecular formula is C36H39FN4O4. The molecule has 0 bridgehead atoms. The van der Waals surface area contributed by atoms with E-state index in [0.29, 0.717) is 24.9 Å². The standard InChI is InChI=1S/C36H39FN4O4/c1-2-23-12-13-32-27(18-23)29(20-36(45-32)14-6-15-36)39-22-31(42)28(19-24-7-3-8-25(17-24)21-38)40-35(44)26-9-4-10-30(34(26)37)41-16-5-11-33(41)43/h3-4,7-10,12-13,17-18,28-29,31,39,42H,2,5-6,11,14-16,19-20,22H2,1H3,(H,40,44)/t28-,29-,31-/m0/s1. The van der Waals surface area contributed by atoms with Gasteiger partial charge in [0, 0.05) is 37.5 Å². The molecule has 45 heavy (non-hydrogen) atoms. The lowest BCUT2D eigenvalue weighted by atomic mass is 9.72. The number of fused-ring (bicyclic) bond motifs is 1. The number of nitriles is 1. The van der Waals surface area contributed by atoms with Crippen LogP contribution in [0.5, 0.6) is 5.75 Å². The number of nitrogens with zero attached hydrogens (tertiary/aromatic N) is 2. The first-order valence-corrected chi connectivity index (χ1v) is 15.9. The Hall–Kier alpha value is -4.26. The van der Waals surface area contributed by atoms with Crippen molar-refractivity contribution >= 4 is 17.5 Å². The molecule has 2 aliphatic heterocycles. The molecule has 1 saturated carbocycles. The molecule has 6 rings (SSSR count). The highest BCUT2D eigenvalue weighted by Crippen LogP contribution is 2.49. The topological polar surface area (TPSA) is 115 Å². The highest BCUT2D eigenvalue weighted by molar-refractivity contribution is 5.99. The van der Waals surface area contributed by atoms with Crippen molar-refractivity contribution < 1.29 is 23.8 Å². The summed E-state index contributed by atoms with van der Waals surface area (Å²) >= 11 is 0. The molecule has 8 nitrogen and oxygen atoms in total. The van der Waals surface area contributed by atoms with Gasteiger partial charge in [0.2, 0.25) is 5.91 Å². The van der Waals surface area contributed by atoms with Gasteiger partial charge in [0.05, 0.1) is 35.0 Å². The van der Waals surface area contributed by atoms with E-state index in [1.807, 2.05) is 12.1 Å². The van der Waals surface area contributed by atoms with Crippen LogP contribution in [0.2, 0.25) is 0 Å². The molecule has 3 aromatic carbocycles. The van der Waals surface area contributed by atoms with Crippen molar-refractivity contribution in [1.82, 2.24) is 10.6 Å². The number of aryl methyl sites for hydroxylation is 1. The van der Waals surface area contributed by atoms with E-state index in [9.17, 15) is 20.0 Å². The summed E-state index contributed by atoms with van der Waals surface area (Å²) in [6, 6.07) is 19.1. The Labute approximate surface area is 263 Å². The van der Waals surface area contributed by atoms with E-state index in [0.717, 1.165) is 49.0 Å². The molecule has 0 unspecified atom stereocenters. The van der Waals surface area contributed by atoms with E-state index in [1.165, 1.54) is 22.6 Å². The molecule has 0 radical (unpaired) electrons. The van der Waals surface area contributed by atoms with Crippen LogP contribution in [0.3, 0.4) is 0 Å². The first-order chi connectivity index (χ1) is 21.8. The Bertz CT molecular complexity index is 1630. The van der Waals surface area contributed by atoms with Crippen LogP contribution in [0, 0.1) is 17.1 Å². The Morgan fingerprint density at radius 3 is 2.69 bits per heavy atom. The summed E-state index contributed by atoms with van der Waals surface area (Å²) in [6.07, 6.45) is 4.95. The first-order valence-electron chi connectivity index (χ1n) is 15.9. The highest BCUT2D eigenvalue weighted by Gasteiger charge is 2.45. The molecule has 1 saturated heterocycles. The third-order valence-corrected chi connectivity index (χ3v) is 9.48. The Balaban J connectivity index is 1.23. The van der Waals surface area contributed by atoms with Crippen molar-refractivity contribution in [3.63, 3.8) is 0 Å². The molecule has 9 heteroatoms. The number of carbonyl (C=O) groups excluding carboxylic acids is 2. The normalized spacial score (nSPS) is 19.6. The second kappa shape index (κ2) is 13.0. The second-order valence-electron chi connectivity index (χ2n) is 12.5. The van der Waals surface area contributed by atoms with Gasteiger partial charge in [-0.05, 0) is 80.0 Å². The summed E-state index contributed by atoms with van der Waals surface area (Å²) in [5.74, 6) is -0.749. The lowest BCUT2D eigenvalue weighted by Gasteiger charge is -2.48. The van der Waals surface area contributed by atoms with Crippen LogP contribution in [-0.2, 0) is 17.6 Å². The van der Waals surface area contributed by atoms with Crippen LogP contribution in [0.25, 0.3) is 0 Å². The lowest BCUT2D eigenvalue weighted by molar-refractivity contribution is -0.117. The molecule has 3 N–H and O–H groups in total. The third-order valence-electron chi connectivity index (χ3n) is 9.48. The number of hydrogen-bond donors (Lipinski definition) is 3. The molecule has 234 valence electrons. The Morgan fingerprint density at radius 1 is 1.16 bits per heavy atom. The van der Waals surface area contributed by atoms with E-state index in [-0.39, 0.29) is 41.8 Å². The van der Waals surface area contributed by atoms with Gasteiger partial charge in [-0.15, -0.1) is 0 Å². The van der Waals surface area contributed by atoms with Gasteiger partial charge in [0.1, 0.15) is 11.4 Å². The summed E-state index contributed by atoms with van der Waals surface area (Å²) < 4.78 is 22.1. The number of amides is 2. The number of benzene rings is 3. The highest BCUT2D eigenvalue weighted by atomic mass is 19.1. The molecule has 0 aromatic heterocycles. The number of ether oxygens (including phenoxy) is 1. The SMILES string of the molecule is CCc1ccc2c(c1)[C@@H](NC[C@H](O)[C@H](Cc1cccc(C#N)c1)NC(=O)c1cccc(N3CCCC3=O)c1F)CC1(CCC1)O2.